The maximum atomic E-state index is 11.8. The van der Waals surface area contributed by atoms with Gasteiger partial charge in [0.2, 0.25) is 0 Å². The first-order chi connectivity index (χ1) is 7.20. The van der Waals surface area contributed by atoms with Crippen LogP contribution in [0.3, 0.4) is 0 Å². The molecule has 1 rings (SSSR count). The molecule has 0 amide bonds. The maximum Gasteiger partial charge on any atom is 0.156 e. The Balaban J connectivity index is 2.86. The summed E-state index contributed by atoms with van der Waals surface area (Å²) in [7, 11) is -3.22. The van der Waals surface area contributed by atoms with Crippen LogP contribution in [0.1, 0.15) is 19.4 Å². The second-order valence-corrected chi connectivity index (χ2v) is 7.08. The molecule has 0 aliphatic rings. The van der Waals surface area contributed by atoms with Crippen LogP contribution >= 0.6 is 11.6 Å². The maximum absolute atomic E-state index is 11.8. The third kappa shape index (κ3) is 4.51. The Morgan fingerprint density at radius 1 is 1.31 bits per heavy atom. The number of rotatable bonds is 4. The van der Waals surface area contributed by atoms with Gasteiger partial charge in [0.05, 0.1) is 11.5 Å². The summed E-state index contributed by atoms with van der Waals surface area (Å²) < 4.78 is 23.7. The Morgan fingerprint density at radius 2 is 1.88 bits per heavy atom. The van der Waals surface area contributed by atoms with E-state index < -0.39 is 15.4 Å². The van der Waals surface area contributed by atoms with Crippen LogP contribution in [0.25, 0.3) is 0 Å². The molecule has 0 unspecified atom stereocenters. The highest BCUT2D eigenvalue weighted by atomic mass is 35.5. The Kier molecular flexibility index (Phi) is 3.99. The molecule has 0 saturated carbocycles. The van der Waals surface area contributed by atoms with Gasteiger partial charge in [0, 0.05) is 10.6 Å². The summed E-state index contributed by atoms with van der Waals surface area (Å²) in [6.45, 7) is 3.38. The van der Waals surface area contributed by atoms with E-state index in [2.05, 4.69) is 0 Å². The van der Waals surface area contributed by atoms with E-state index in [1.807, 2.05) is 0 Å². The number of nitrogens with two attached hydrogens (primary N) is 1. The van der Waals surface area contributed by atoms with Crippen LogP contribution in [-0.4, -0.2) is 19.7 Å². The molecule has 0 aliphatic carbocycles. The average molecular weight is 262 g/mol. The van der Waals surface area contributed by atoms with Gasteiger partial charge in [-0.15, -0.1) is 0 Å². The first kappa shape index (κ1) is 13.5. The van der Waals surface area contributed by atoms with E-state index in [0.717, 1.165) is 0 Å². The van der Waals surface area contributed by atoms with E-state index in [-0.39, 0.29) is 11.5 Å². The highest BCUT2D eigenvalue weighted by molar-refractivity contribution is 7.90. The van der Waals surface area contributed by atoms with Gasteiger partial charge in [0.25, 0.3) is 0 Å². The molecule has 16 heavy (non-hydrogen) atoms. The second kappa shape index (κ2) is 4.73. The van der Waals surface area contributed by atoms with Crippen molar-refractivity contribution in [3.05, 3.63) is 34.9 Å². The van der Waals surface area contributed by atoms with Crippen LogP contribution < -0.4 is 5.73 Å². The number of halogens is 1. The average Bonchev–Trinajstić information content (AvgIpc) is 2.04. The third-order valence-corrected chi connectivity index (χ3v) is 4.23. The smallest absolute Gasteiger partial charge is 0.156 e. The molecule has 1 aromatic carbocycles. The molecular formula is C11H16ClNO2S. The van der Waals surface area contributed by atoms with E-state index in [0.29, 0.717) is 10.6 Å². The number of sulfone groups is 1. The lowest BCUT2D eigenvalue weighted by molar-refractivity contribution is 0.544. The predicted molar refractivity (Wildman–Crippen MR) is 67.2 cm³/mol. The fourth-order valence-corrected chi connectivity index (χ4v) is 3.71. The minimum absolute atomic E-state index is 0.0504. The van der Waals surface area contributed by atoms with Gasteiger partial charge in [-0.05, 0) is 25.5 Å². The van der Waals surface area contributed by atoms with Gasteiger partial charge in [0.1, 0.15) is 0 Å². The lowest BCUT2D eigenvalue weighted by Gasteiger charge is -2.18. The van der Waals surface area contributed by atoms with Crippen molar-refractivity contribution in [1.82, 2.24) is 0 Å². The van der Waals surface area contributed by atoms with Gasteiger partial charge in [-0.1, -0.05) is 29.8 Å². The lowest BCUT2D eigenvalue weighted by atomic mass is 10.1. The minimum Gasteiger partial charge on any atom is -0.325 e. The van der Waals surface area contributed by atoms with Crippen molar-refractivity contribution in [1.29, 1.82) is 0 Å². The molecule has 90 valence electrons. The van der Waals surface area contributed by atoms with Crippen LogP contribution in [0.4, 0.5) is 0 Å². The highest BCUT2D eigenvalue weighted by Gasteiger charge is 2.22. The summed E-state index contributed by atoms with van der Waals surface area (Å²) in [5.74, 6) is -0.113. The standard InChI is InChI=1S/C11H16ClNO2S/c1-11(2,13)8-16(14,15)7-9-5-3-4-6-10(9)12/h3-6H,7-8,13H2,1-2H3. The number of benzene rings is 1. The van der Waals surface area contributed by atoms with Crippen molar-refractivity contribution < 1.29 is 8.42 Å². The normalized spacial score (nSPS) is 12.8. The van der Waals surface area contributed by atoms with Crippen molar-refractivity contribution in [2.75, 3.05) is 5.75 Å². The third-order valence-electron chi connectivity index (χ3n) is 1.93. The summed E-state index contributed by atoms with van der Waals surface area (Å²) in [5, 5.41) is 0.473. The zero-order valence-corrected chi connectivity index (χ0v) is 11.0. The highest BCUT2D eigenvalue weighted by Crippen LogP contribution is 2.19. The Morgan fingerprint density at radius 3 is 2.38 bits per heavy atom. The molecule has 0 spiro atoms. The molecular weight excluding hydrogens is 246 g/mol. The number of hydrogen-bond donors (Lipinski definition) is 1. The van der Waals surface area contributed by atoms with Crippen molar-refractivity contribution in [2.24, 2.45) is 5.73 Å². The summed E-state index contributed by atoms with van der Waals surface area (Å²) in [6.07, 6.45) is 0. The quantitative estimate of drug-likeness (QED) is 0.902. The zero-order chi connectivity index (χ0) is 12.4. The molecule has 0 atom stereocenters. The first-order valence-corrected chi connectivity index (χ1v) is 7.12. The van der Waals surface area contributed by atoms with Crippen molar-refractivity contribution in [3.8, 4) is 0 Å². The topological polar surface area (TPSA) is 60.2 Å². The van der Waals surface area contributed by atoms with Crippen LogP contribution in [0, 0.1) is 0 Å². The molecule has 0 saturated heterocycles. The SMILES string of the molecule is CC(C)(N)CS(=O)(=O)Cc1ccccc1Cl. The summed E-state index contributed by atoms with van der Waals surface area (Å²) in [6, 6.07) is 6.93. The molecule has 2 N–H and O–H groups in total. The van der Waals surface area contributed by atoms with Crippen LogP contribution in [0.15, 0.2) is 24.3 Å². The van der Waals surface area contributed by atoms with Crippen LogP contribution in [0.2, 0.25) is 5.02 Å². The van der Waals surface area contributed by atoms with Gasteiger partial charge >= 0.3 is 0 Å². The summed E-state index contributed by atoms with van der Waals surface area (Å²) in [4.78, 5) is 0. The van der Waals surface area contributed by atoms with Gasteiger partial charge in [-0.25, -0.2) is 8.42 Å². The van der Waals surface area contributed by atoms with E-state index in [9.17, 15) is 8.42 Å². The lowest BCUT2D eigenvalue weighted by Crippen LogP contribution is -2.40. The predicted octanol–water partition coefficient (Wildman–Crippen LogP) is 1.99. The minimum atomic E-state index is -3.22. The van der Waals surface area contributed by atoms with Gasteiger partial charge in [-0.3, -0.25) is 0 Å². The Labute approximate surface area is 102 Å². The summed E-state index contributed by atoms with van der Waals surface area (Å²) >= 11 is 5.91. The second-order valence-electron chi connectivity index (χ2n) is 4.61. The zero-order valence-electron chi connectivity index (χ0n) is 9.40. The molecule has 0 fully saturated rings. The molecule has 5 heteroatoms. The summed E-state index contributed by atoms with van der Waals surface area (Å²) in [5.41, 5.74) is 5.60. The Hall–Kier alpha value is -0.580. The van der Waals surface area contributed by atoms with Crippen LogP contribution in [-0.2, 0) is 15.6 Å². The van der Waals surface area contributed by atoms with E-state index >= 15 is 0 Å². The van der Waals surface area contributed by atoms with E-state index in [1.165, 1.54) is 0 Å². The molecule has 0 radical (unpaired) electrons. The first-order valence-electron chi connectivity index (χ1n) is 4.92. The fraction of sp³-hybridized carbons (Fsp3) is 0.455. The molecule has 1 aromatic rings. The van der Waals surface area contributed by atoms with Crippen molar-refractivity contribution in [2.45, 2.75) is 25.1 Å². The van der Waals surface area contributed by atoms with Gasteiger partial charge in [-0.2, -0.15) is 0 Å². The molecule has 3 nitrogen and oxygen atoms in total. The van der Waals surface area contributed by atoms with Crippen molar-refractivity contribution in [3.63, 3.8) is 0 Å². The molecule has 0 heterocycles. The molecule has 0 aliphatic heterocycles. The number of hydrogen-bond acceptors (Lipinski definition) is 3. The van der Waals surface area contributed by atoms with E-state index in [4.69, 9.17) is 17.3 Å². The molecule has 0 bridgehead atoms. The van der Waals surface area contributed by atoms with Gasteiger partial charge < -0.3 is 5.73 Å². The largest absolute Gasteiger partial charge is 0.325 e. The van der Waals surface area contributed by atoms with Crippen molar-refractivity contribution >= 4 is 21.4 Å². The van der Waals surface area contributed by atoms with Gasteiger partial charge in [0.15, 0.2) is 9.84 Å². The Bertz CT molecular complexity index is 463. The van der Waals surface area contributed by atoms with E-state index in [1.54, 1.807) is 38.1 Å². The monoisotopic (exact) mass is 261 g/mol. The fourth-order valence-electron chi connectivity index (χ4n) is 1.47. The van der Waals surface area contributed by atoms with Crippen LogP contribution in [0.5, 0.6) is 0 Å². The molecule has 0 aromatic heterocycles.